The molecule has 2 saturated heterocycles. The molecule has 4 atom stereocenters. The normalized spacial score (nSPS) is 52.8. The van der Waals surface area contributed by atoms with Crippen molar-refractivity contribution in [2.45, 2.75) is 50.4 Å². The van der Waals surface area contributed by atoms with Crippen LogP contribution in [0.25, 0.3) is 0 Å². The number of halogens is 1. The van der Waals surface area contributed by atoms with Crippen molar-refractivity contribution < 1.29 is 4.39 Å². The van der Waals surface area contributed by atoms with Crippen LogP contribution in [-0.2, 0) is 0 Å². The molecule has 1 N–H and O–H groups in total. The van der Waals surface area contributed by atoms with Gasteiger partial charge in [0.1, 0.15) is 6.17 Å². The number of hydrogen-bond donors (Lipinski definition) is 1. The molecular weight excluding hydrogens is 153 g/mol. The SMILES string of the molecule is FC1CC2CCC(N2)C1C1CC1. The predicted octanol–water partition coefficient (Wildman–Crippen LogP) is 1.88. The molecule has 0 aromatic carbocycles. The quantitative estimate of drug-likeness (QED) is 0.632. The lowest BCUT2D eigenvalue weighted by Gasteiger charge is -2.33. The Bertz CT molecular complexity index is 190. The lowest BCUT2D eigenvalue weighted by atomic mass is 9.86. The smallest absolute Gasteiger partial charge is 0.106 e. The number of fused-ring (bicyclic) bond motifs is 2. The molecule has 2 bridgehead atoms. The van der Waals surface area contributed by atoms with E-state index in [1.165, 1.54) is 25.7 Å². The van der Waals surface area contributed by atoms with Crippen LogP contribution in [0.15, 0.2) is 0 Å². The fraction of sp³-hybridized carbons (Fsp3) is 1.00. The van der Waals surface area contributed by atoms with Gasteiger partial charge in [-0.2, -0.15) is 0 Å². The summed E-state index contributed by atoms with van der Waals surface area (Å²) in [4.78, 5) is 0. The van der Waals surface area contributed by atoms with Gasteiger partial charge in [-0.15, -0.1) is 0 Å². The Labute approximate surface area is 72.7 Å². The first kappa shape index (κ1) is 7.31. The second-order valence-electron chi connectivity index (χ2n) is 4.71. The average molecular weight is 169 g/mol. The van der Waals surface area contributed by atoms with Gasteiger partial charge in [0.05, 0.1) is 0 Å². The third-order valence-electron chi connectivity index (χ3n) is 3.83. The fourth-order valence-electron chi connectivity index (χ4n) is 3.13. The maximum Gasteiger partial charge on any atom is 0.106 e. The molecule has 1 nitrogen and oxygen atoms in total. The van der Waals surface area contributed by atoms with E-state index in [9.17, 15) is 4.39 Å². The third kappa shape index (κ3) is 1.00. The molecule has 0 radical (unpaired) electrons. The summed E-state index contributed by atoms with van der Waals surface area (Å²) in [5, 5.41) is 3.55. The molecule has 3 fully saturated rings. The highest BCUT2D eigenvalue weighted by molar-refractivity contribution is 5.02. The van der Waals surface area contributed by atoms with Crippen molar-refractivity contribution in [3.8, 4) is 0 Å². The summed E-state index contributed by atoms with van der Waals surface area (Å²) >= 11 is 0. The summed E-state index contributed by atoms with van der Waals surface area (Å²) in [6.45, 7) is 0. The Morgan fingerprint density at radius 2 is 1.92 bits per heavy atom. The summed E-state index contributed by atoms with van der Waals surface area (Å²) in [6, 6.07) is 1.05. The second kappa shape index (κ2) is 2.44. The van der Waals surface area contributed by atoms with E-state index in [-0.39, 0.29) is 0 Å². The molecule has 0 aromatic heterocycles. The maximum absolute atomic E-state index is 13.6. The van der Waals surface area contributed by atoms with Crippen LogP contribution < -0.4 is 5.32 Å². The second-order valence-corrected chi connectivity index (χ2v) is 4.71. The highest BCUT2D eigenvalue weighted by atomic mass is 19.1. The van der Waals surface area contributed by atoms with Crippen LogP contribution in [0.5, 0.6) is 0 Å². The molecule has 2 aliphatic heterocycles. The zero-order chi connectivity index (χ0) is 8.13. The van der Waals surface area contributed by atoms with Gasteiger partial charge in [-0.25, -0.2) is 4.39 Å². The van der Waals surface area contributed by atoms with Gasteiger partial charge in [0, 0.05) is 18.0 Å². The number of nitrogens with one attached hydrogen (secondary N) is 1. The molecule has 2 heterocycles. The van der Waals surface area contributed by atoms with Crippen LogP contribution in [0.2, 0.25) is 0 Å². The van der Waals surface area contributed by atoms with Gasteiger partial charge in [-0.3, -0.25) is 0 Å². The summed E-state index contributed by atoms with van der Waals surface area (Å²) in [5.74, 6) is 1.11. The van der Waals surface area contributed by atoms with Crippen LogP contribution >= 0.6 is 0 Å². The molecule has 3 rings (SSSR count). The largest absolute Gasteiger partial charge is 0.311 e. The lowest BCUT2D eigenvalue weighted by molar-refractivity contribution is 0.119. The van der Waals surface area contributed by atoms with Crippen LogP contribution in [-0.4, -0.2) is 18.3 Å². The summed E-state index contributed by atoms with van der Waals surface area (Å²) in [6.07, 6.45) is 5.32. The topological polar surface area (TPSA) is 12.0 Å². The molecule has 4 unspecified atom stereocenters. The fourth-order valence-corrected chi connectivity index (χ4v) is 3.13. The number of hydrogen-bond acceptors (Lipinski definition) is 1. The van der Waals surface area contributed by atoms with Crippen molar-refractivity contribution in [3.05, 3.63) is 0 Å². The number of rotatable bonds is 1. The van der Waals surface area contributed by atoms with Crippen LogP contribution in [0, 0.1) is 11.8 Å². The monoisotopic (exact) mass is 169 g/mol. The van der Waals surface area contributed by atoms with Crippen LogP contribution in [0.3, 0.4) is 0 Å². The molecule has 1 aliphatic carbocycles. The van der Waals surface area contributed by atoms with E-state index in [1.807, 2.05) is 0 Å². The minimum Gasteiger partial charge on any atom is -0.311 e. The first-order valence-corrected chi connectivity index (χ1v) is 5.25. The van der Waals surface area contributed by atoms with Crippen LogP contribution in [0.4, 0.5) is 4.39 Å². The zero-order valence-electron chi connectivity index (χ0n) is 7.30. The van der Waals surface area contributed by atoms with Crippen molar-refractivity contribution in [2.24, 2.45) is 11.8 Å². The van der Waals surface area contributed by atoms with Gasteiger partial charge in [-0.05, 0) is 38.0 Å². The van der Waals surface area contributed by atoms with Gasteiger partial charge in [-0.1, -0.05) is 0 Å². The van der Waals surface area contributed by atoms with E-state index in [4.69, 9.17) is 0 Å². The Morgan fingerprint density at radius 1 is 1.08 bits per heavy atom. The van der Waals surface area contributed by atoms with Gasteiger partial charge in [0.15, 0.2) is 0 Å². The van der Waals surface area contributed by atoms with E-state index in [2.05, 4.69) is 5.32 Å². The standard InChI is InChI=1S/C10H16FN/c11-8-5-7-3-4-9(12-7)10(8)6-1-2-6/h6-10,12H,1-5H2. The van der Waals surface area contributed by atoms with Crippen LogP contribution in [0.1, 0.15) is 32.1 Å². The molecular formula is C10H16FN. The molecule has 0 amide bonds. The minimum atomic E-state index is -0.490. The first-order valence-electron chi connectivity index (χ1n) is 5.25. The molecule has 3 aliphatic rings. The summed E-state index contributed by atoms with van der Waals surface area (Å²) < 4.78 is 13.6. The van der Waals surface area contributed by atoms with Crippen molar-refractivity contribution in [1.29, 1.82) is 0 Å². The third-order valence-corrected chi connectivity index (χ3v) is 3.83. The van der Waals surface area contributed by atoms with Gasteiger partial charge in [0.25, 0.3) is 0 Å². The van der Waals surface area contributed by atoms with E-state index < -0.39 is 6.17 Å². The van der Waals surface area contributed by atoms with Crippen molar-refractivity contribution in [1.82, 2.24) is 5.32 Å². The van der Waals surface area contributed by atoms with Gasteiger partial charge >= 0.3 is 0 Å². The lowest BCUT2D eigenvalue weighted by Crippen LogP contribution is -2.47. The van der Waals surface area contributed by atoms with Crippen molar-refractivity contribution in [3.63, 3.8) is 0 Å². The molecule has 2 heteroatoms. The Morgan fingerprint density at radius 3 is 2.67 bits per heavy atom. The minimum absolute atomic E-state index is 0.378. The highest BCUT2D eigenvalue weighted by Gasteiger charge is 2.48. The first-order chi connectivity index (χ1) is 5.84. The zero-order valence-corrected chi connectivity index (χ0v) is 7.30. The highest BCUT2D eigenvalue weighted by Crippen LogP contribution is 2.47. The summed E-state index contributed by atoms with van der Waals surface area (Å²) in [5.41, 5.74) is 0. The molecule has 68 valence electrons. The Balaban J connectivity index is 1.80. The van der Waals surface area contributed by atoms with Crippen molar-refractivity contribution in [2.75, 3.05) is 0 Å². The number of piperidine rings is 1. The average Bonchev–Trinajstić information content (AvgIpc) is 2.76. The molecule has 1 saturated carbocycles. The van der Waals surface area contributed by atoms with E-state index in [1.54, 1.807) is 0 Å². The van der Waals surface area contributed by atoms with E-state index in [0.29, 0.717) is 18.0 Å². The van der Waals surface area contributed by atoms with E-state index in [0.717, 1.165) is 12.3 Å². The Kier molecular flexibility index (Phi) is 1.49. The van der Waals surface area contributed by atoms with Gasteiger partial charge < -0.3 is 5.32 Å². The predicted molar refractivity (Wildman–Crippen MR) is 45.7 cm³/mol. The molecule has 0 spiro atoms. The summed E-state index contributed by atoms with van der Waals surface area (Å²) in [7, 11) is 0. The maximum atomic E-state index is 13.6. The van der Waals surface area contributed by atoms with Crippen molar-refractivity contribution >= 4 is 0 Å². The molecule has 12 heavy (non-hydrogen) atoms. The Hall–Kier alpha value is -0.110. The number of alkyl halides is 1. The van der Waals surface area contributed by atoms with E-state index >= 15 is 0 Å². The molecule has 0 aromatic rings. The van der Waals surface area contributed by atoms with Gasteiger partial charge in [0.2, 0.25) is 0 Å².